The molecule has 2 rings (SSSR count). The average molecular weight is 266 g/mol. The van der Waals surface area contributed by atoms with E-state index in [1.54, 1.807) is 0 Å². The van der Waals surface area contributed by atoms with E-state index in [2.05, 4.69) is 48.1 Å². The van der Waals surface area contributed by atoms with Crippen molar-refractivity contribution in [3.8, 4) is 0 Å². The molecular formula is C14H26N4O. The molecule has 0 aromatic carbocycles. The highest BCUT2D eigenvalue weighted by Gasteiger charge is 2.28. The molecule has 1 aromatic heterocycles. The second-order valence-corrected chi connectivity index (χ2v) is 5.79. The van der Waals surface area contributed by atoms with Crippen LogP contribution in [-0.4, -0.2) is 29.3 Å². The Bertz CT molecular complexity index is 387. The maximum atomic E-state index is 5.84. The highest BCUT2D eigenvalue weighted by Crippen LogP contribution is 2.32. The highest BCUT2D eigenvalue weighted by molar-refractivity contribution is 5.26. The molecule has 108 valence electrons. The van der Waals surface area contributed by atoms with Gasteiger partial charge in [-0.25, -0.2) is 0 Å². The topological polar surface area (TPSA) is 54.2 Å². The van der Waals surface area contributed by atoms with E-state index in [4.69, 9.17) is 4.42 Å². The number of rotatable bonds is 8. The first-order chi connectivity index (χ1) is 9.11. The third kappa shape index (κ3) is 3.93. The molecule has 1 unspecified atom stereocenters. The van der Waals surface area contributed by atoms with E-state index in [0.717, 1.165) is 25.4 Å². The largest absolute Gasteiger partial charge is 0.406 e. The first kappa shape index (κ1) is 14.3. The summed E-state index contributed by atoms with van der Waals surface area (Å²) in [6.07, 6.45) is 3.77. The monoisotopic (exact) mass is 266 g/mol. The van der Waals surface area contributed by atoms with Crippen LogP contribution in [0.2, 0.25) is 0 Å². The maximum Gasteiger partial charge on any atom is 0.318 e. The molecular weight excluding hydrogens is 240 g/mol. The molecule has 1 heterocycles. The van der Waals surface area contributed by atoms with Crippen molar-refractivity contribution in [2.24, 2.45) is 5.92 Å². The van der Waals surface area contributed by atoms with Gasteiger partial charge in [-0.05, 0) is 52.5 Å². The van der Waals surface area contributed by atoms with E-state index in [9.17, 15) is 0 Å². The van der Waals surface area contributed by atoms with Gasteiger partial charge in [0.15, 0.2) is 0 Å². The van der Waals surface area contributed by atoms with E-state index in [-0.39, 0.29) is 6.04 Å². The minimum atomic E-state index is 0.121. The molecule has 1 aliphatic carbocycles. The number of hydrogen-bond donors (Lipinski definition) is 1. The Balaban J connectivity index is 2.00. The van der Waals surface area contributed by atoms with Crippen LogP contribution in [0.1, 0.15) is 58.9 Å². The van der Waals surface area contributed by atoms with Gasteiger partial charge in [0, 0.05) is 12.6 Å². The van der Waals surface area contributed by atoms with E-state index >= 15 is 0 Å². The molecule has 0 bridgehead atoms. The van der Waals surface area contributed by atoms with E-state index in [1.165, 1.54) is 12.8 Å². The van der Waals surface area contributed by atoms with Crippen molar-refractivity contribution in [1.82, 2.24) is 15.5 Å². The Hall–Kier alpha value is -1.10. The molecule has 0 spiro atoms. The van der Waals surface area contributed by atoms with Crippen molar-refractivity contribution >= 4 is 6.01 Å². The van der Waals surface area contributed by atoms with Gasteiger partial charge in [-0.2, -0.15) is 0 Å². The fraction of sp³-hybridized carbons (Fsp3) is 0.857. The quantitative estimate of drug-likeness (QED) is 0.784. The smallest absolute Gasteiger partial charge is 0.318 e. The van der Waals surface area contributed by atoms with Crippen LogP contribution >= 0.6 is 0 Å². The minimum absolute atomic E-state index is 0.121. The predicted octanol–water partition coefficient (Wildman–Crippen LogP) is 2.76. The van der Waals surface area contributed by atoms with Gasteiger partial charge in [0.2, 0.25) is 5.89 Å². The molecule has 5 heteroatoms. The van der Waals surface area contributed by atoms with E-state index < -0.39 is 0 Å². The second-order valence-electron chi connectivity index (χ2n) is 5.79. The molecule has 1 N–H and O–H groups in total. The molecule has 5 nitrogen and oxygen atoms in total. The maximum absolute atomic E-state index is 5.84. The summed E-state index contributed by atoms with van der Waals surface area (Å²) in [6, 6.07) is 1.19. The van der Waals surface area contributed by atoms with Crippen LogP contribution < -0.4 is 10.2 Å². The number of nitrogens with zero attached hydrogens (tertiary/aromatic N) is 3. The van der Waals surface area contributed by atoms with Gasteiger partial charge in [-0.15, -0.1) is 5.10 Å². The summed E-state index contributed by atoms with van der Waals surface area (Å²) in [6.45, 7) is 10.6. The molecule has 1 saturated carbocycles. The molecule has 1 fully saturated rings. The second kappa shape index (κ2) is 6.37. The van der Waals surface area contributed by atoms with Crippen molar-refractivity contribution in [2.45, 2.75) is 59.0 Å². The average Bonchev–Trinajstić information content (AvgIpc) is 3.08. The minimum Gasteiger partial charge on any atom is -0.406 e. The lowest BCUT2D eigenvalue weighted by Crippen LogP contribution is -2.33. The fourth-order valence-corrected chi connectivity index (χ4v) is 2.05. The highest BCUT2D eigenvalue weighted by atomic mass is 16.4. The summed E-state index contributed by atoms with van der Waals surface area (Å²) >= 11 is 0. The molecule has 1 atom stereocenters. The predicted molar refractivity (Wildman–Crippen MR) is 76.2 cm³/mol. The van der Waals surface area contributed by atoms with Gasteiger partial charge in [0.05, 0.1) is 6.04 Å². The molecule has 1 aliphatic rings. The summed E-state index contributed by atoms with van der Waals surface area (Å²) in [5.74, 6) is 1.50. The SMILES string of the molecule is CCCNC(C)c1nnc(N(CC2CC2)C(C)C)o1. The number of hydrogen-bond acceptors (Lipinski definition) is 5. The van der Waals surface area contributed by atoms with Gasteiger partial charge >= 0.3 is 6.01 Å². The Morgan fingerprint density at radius 1 is 1.32 bits per heavy atom. The normalized spacial score (nSPS) is 16.9. The summed E-state index contributed by atoms with van der Waals surface area (Å²) in [4.78, 5) is 2.22. The fourth-order valence-electron chi connectivity index (χ4n) is 2.05. The lowest BCUT2D eigenvalue weighted by molar-refractivity contribution is 0.407. The van der Waals surface area contributed by atoms with Crippen LogP contribution in [0.4, 0.5) is 6.01 Å². The lowest BCUT2D eigenvalue weighted by Gasteiger charge is -2.24. The first-order valence-electron chi connectivity index (χ1n) is 7.45. The summed E-state index contributed by atoms with van der Waals surface area (Å²) < 4.78 is 5.84. The number of aromatic nitrogens is 2. The number of nitrogens with one attached hydrogen (secondary N) is 1. The Morgan fingerprint density at radius 2 is 2.05 bits per heavy atom. The van der Waals surface area contributed by atoms with Gasteiger partial charge in [0.25, 0.3) is 0 Å². The Morgan fingerprint density at radius 3 is 2.63 bits per heavy atom. The van der Waals surface area contributed by atoms with Crippen molar-refractivity contribution < 1.29 is 4.42 Å². The van der Waals surface area contributed by atoms with Crippen LogP contribution in [0, 0.1) is 5.92 Å². The number of anilines is 1. The summed E-state index contributed by atoms with van der Waals surface area (Å²) in [5.41, 5.74) is 0. The standard InChI is InChI=1S/C14H26N4O/c1-5-8-15-11(4)13-16-17-14(19-13)18(10(2)3)9-12-6-7-12/h10-12,15H,5-9H2,1-4H3. The molecule has 0 aliphatic heterocycles. The Labute approximate surface area is 115 Å². The zero-order valence-electron chi connectivity index (χ0n) is 12.5. The molecule has 0 saturated heterocycles. The molecule has 0 radical (unpaired) electrons. The molecule has 1 aromatic rings. The third-order valence-electron chi connectivity index (χ3n) is 3.52. The van der Waals surface area contributed by atoms with Crippen LogP contribution in [-0.2, 0) is 0 Å². The molecule has 0 amide bonds. The van der Waals surface area contributed by atoms with Crippen LogP contribution in [0.25, 0.3) is 0 Å². The van der Waals surface area contributed by atoms with E-state index in [1.807, 2.05) is 0 Å². The van der Waals surface area contributed by atoms with Crippen molar-refractivity contribution in [2.75, 3.05) is 18.0 Å². The Kier molecular flexibility index (Phi) is 4.80. The van der Waals surface area contributed by atoms with E-state index in [0.29, 0.717) is 17.9 Å². The third-order valence-corrected chi connectivity index (χ3v) is 3.52. The zero-order valence-corrected chi connectivity index (χ0v) is 12.5. The summed E-state index contributed by atoms with van der Waals surface area (Å²) in [5, 5.41) is 11.8. The summed E-state index contributed by atoms with van der Waals surface area (Å²) in [7, 11) is 0. The van der Waals surface area contributed by atoms with Crippen molar-refractivity contribution in [3.05, 3.63) is 5.89 Å². The van der Waals surface area contributed by atoms with Crippen LogP contribution in [0.5, 0.6) is 0 Å². The lowest BCUT2D eigenvalue weighted by atomic mass is 10.3. The zero-order chi connectivity index (χ0) is 13.8. The molecule has 19 heavy (non-hydrogen) atoms. The van der Waals surface area contributed by atoms with Crippen molar-refractivity contribution in [3.63, 3.8) is 0 Å². The van der Waals surface area contributed by atoms with Gasteiger partial charge in [-0.1, -0.05) is 12.0 Å². The van der Waals surface area contributed by atoms with Gasteiger partial charge in [0.1, 0.15) is 0 Å². The van der Waals surface area contributed by atoms with Gasteiger partial charge in [-0.3, -0.25) is 0 Å². The van der Waals surface area contributed by atoms with Crippen LogP contribution in [0.15, 0.2) is 4.42 Å². The van der Waals surface area contributed by atoms with Gasteiger partial charge < -0.3 is 14.6 Å². The van der Waals surface area contributed by atoms with Crippen LogP contribution in [0.3, 0.4) is 0 Å². The van der Waals surface area contributed by atoms with Crippen molar-refractivity contribution in [1.29, 1.82) is 0 Å². The first-order valence-corrected chi connectivity index (χ1v) is 7.45.